The lowest BCUT2D eigenvalue weighted by Gasteiger charge is -2.29. The van der Waals surface area contributed by atoms with Crippen LogP contribution in [0.25, 0.3) is 11.3 Å². The van der Waals surface area contributed by atoms with E-state index in [4.69, 9.17) is 4.98 Å². The van der Waals surface area contributed by atoms with Crippen molar-refractivity contribution in [2.75, 3.05) is 36.4 Å². The Hall–Kier alpha value is -3.33. The molecule has 0 spiro atoms. The van der Waals surface area contributed by atoms with E-state index in [1.54, 1.807) is 0 Å². The Balaban J connectivity index is 1.73. The van der Waals surface area contributed by atoms with Crippen molar-refractivity contribution in [1.82, 2.24) is 20.5 Å². The molecule has 1 saturated heterocycles. The number of halogens is 2. The minimum Gasteiger partial charge on any atom is -0.354 e. The van der Waals surface area contributed by atoms with E-state index in [9.17, 15) is 8.78 Å². The first kappa shape index (κ1) is 18.7. The van der Waals surface area contributed by atoms with Crippen LogP contribution in [0.3, 0.4) is 0 Å². The predicted molar refractivity (Wildman–Crippen MR) is 113 cm³/mol. The van der Waals surface area contributed by atoms with Crippen LogP contribution in [0.4, 0.5) is 26.0 Å². The van der Waals surface area contributed by atoms with Gasteiger partial charge in [-0.25, -0.2) is 18.8 Å². The fourth-order valence-electron chi connectivity index (χ4n) is 3.90. The maximum absolute atomic E-state index is 14.5. The smallest absolute Gasteiger partial charge is 0.144 e. The highest BCUT2D eigenvalue weighted by molar-refractivity contribution is 6.14. The number of pyridine rings is 1. The minimum atomic E-state index is -0.685. The number of aromatic amines is 1. The van der Waals surface area contributed by atoms with E-state index in [-0.39, 0.29) is 11.4 Å². The molecule has 0 aliphatic carbocycles. The van der Waals surface area contributed by atoms with Crippen LogP contribution < -0.4 is 15.5 Å². The van der Waals surface area contributed by atoms with Gasteiger partial charge in [-0.3, -0.25) is 5.10 Å². The van der Waals surface area contributed by atoms with E-state index in [0.717, 1.165) is 43.3 Å². The van der Waals surface area contributed by atoms with Gasteiger partial charge in [0.25, 0.3) is 0 Å². The van der Waals surface area contributed by atoms with Gasteiger partial charge in [0.1, 0.15) is 29.0 Å². The SMILES string of the molecule is Cc1nc(N2CCNCC2)cc2c1N=C(c1c(F)cccc1F)Nc1c-2n[nH]c1C. The first-order valence-electron chi connectivity index (χ1n) is 9.85. The number of piperazine rings is 1. The van der Waals surface area contributed by atoms with E-state index < -0.39 is 11.6 Å². The van der Waals surface area contributed by atoms with Gasteiger partial charge >= 0.3 is 0 Å². The van der Waals surface area contributed by atoms with Gasteiger partial charge in [0.05, 0.1) is 28.3 Å². The molecule has 0 amide bonds. The normalized spacial score (nSPS) is 15.7. The summed E-state index contributed by atoms with van der Waals surface area (Å²) in [5.41, 5.74) is 3.83. The molecule has 7 nitrogen and oxygen atoms in total. The summed E-state index contributed by atoms with van der Waals surface area (Å²) >= 11 is 0. The number of hydrogen-bond acceptors (Lipinski definition) is 6. The molecule has 30 heavy (non-hydrogen) atoms. The van der Waals surface area contributed by atoms with Crippen LogP contribution in [0.15, 0.2) is 29.3 Å². The van der Waals surface area contributed by atoms with Gasteiger partial charge < -0.3 is 15.5 Å². The molecule has 0 saturated carbocycles. The topological polar surface area (TPSA) is 81.2 Å². The Morgan fingerprint density at radius 3 is 2.53 bits per heavy atom. The Morgan fingerprint density at radius 1 is 1.07 bits per heavy atom. The molecule has 0 radical (unpaired) electrons. The number of H-pyrrole nitrogens is 1. The number of fused-ring (bicyclic) bond motifs is 3. The lowest BCUT2D eigenvalue weighted by molar-refractivity contribution is 0.579. The second-order valence-electron chi connectivity index (χ2n) is 7.45. The van der Waals surface area contributed by atoms with Crippen molar-refractivity contribution in [2.45, 2.75) is 13.8 Å². The molecule has 3 N–H and O–H groups in total. The average Bonchev–Trinajstić information content (AvgIpc) is 3.00. The van der Waals surface area contributed by atoms with Crippen molar-refractivity contribution in [2.24, 2.45) is 4.99 Å². The Morgan fingerprint density at radius 2 is 1.80 bits per heavy atom. The minimum absolute atomic E-state index is 0.0925. The van der Waals surface area contributed by atoms with Gasteiger partial charge in [-0.1, -0.05) is 6.07 Å². The summed E-state index contributed by atoms with van der Waals surface area (Å²) in [5.74, 6) is -0.434. The molecule has 1 fully saturated rings. The number of hydrogen-bond donors (Lipinski definition) is 3. The van der Waals surface area contributed by atoms with Crippen molar-refractivity contribution >= 4 is 23.0 Å². The third-order valence-corrected chi connectivity index (χ3v) is 5.46. The van der Waals surface area contributed by atoms with Crippen molar-refractivity contribution in [3.8, 4) is 11.3 Å². The van der Waals surface area contributed by atoms with Gasteiger partial charge in [-0.15, -0.1) is 0 Å². The second-order valence-corrected chi connectivity index (χ2v) is 7.45. The number of aromatic nitrogens is 3. The summed E-state index contributed by atoms with van der Waals surface area (Å²) in [6.45, 7) is 7.19. The van der Waals surface area contributed by atoms with Crippen LogP contribution in [-0.4, -0.2) is 47.2 Å². The summed E-state index contributed by atoms with van der Waals surface area (Å²) in [5, 5.41) is 13.9. The Labute approximate surface area is 172 Å². The summed E-state index contributed by atoms with van der Waals surface area (Å²) in [7, 11) is 0. The quantitative estimate of drug-likeness (QED) is 0.605. The number of amidine groups is 1. The number of rotatable bonds is 2. The van der Waals surface area contributed by atoms with Gasteiger partial charge in [-0.05, 0) is 32.0 Å². The zero-order valence-corrected chi connectivity index (χ0v) is 16.7. The molecular formula is C21H21F2N7. The molecular weight excluding hydrogens is 388 g/mol. The number of aliphatic imine (C=N–C) groups is 1. The van der Waals surface area contributed by atoms with Crippen LogP contribution in [0.1, 0.15) is 17.0 Å². The molecule has 0 bridgehead atoms. The molecule has 1 aromatic carbocycles. The number of nitrogens with one attached hydrogen (secondary N) is 3. The van der Waals surface area contributed by atoms with Crippen molar-refractivity contribution < 1.29 is 8.78 Å². The average molecular weight is 409 g/mol. The first-order valence-corrected chi connectivity index (χ1v) is 9.85. The molecule has 4 heterocycles. The fraction of sp³-hybridized carbons (Fsp3) is 0.286. The largest absolute Gasteiger partial charge is 0.354 e. The van der Waals surface area contributed by atoms with Crippen LogP contribution >= 0.6 is 0 Å². The van der Waals surface area contributed by atoms with E-state index in [2.05, 4.69) is 30.7 Å². The lowest BCUT2D eigenvalue weighted by Crippen LogP contribution is -2.43. The molecule has 2 aromatic heterocycles. The number of anilines is 2. The summed E-state index contributed by atoms with van der Waals surface area (Å²) in [6, 6.07) is 5.73. The molecule has 2 aliphatic rings. The first-order chi connectivity index (χ1) is 14.5. The van der Waals surface area contributed by atoms with Crippen molar-refractivity contribution in [3.63, 3.8) is 0 Å². The van der Waals surface area contributed by atoms with Crippen LogP contribution in [-0.2, 0) is 0 Å². The van der Waals surface area contributed by atoms with Gasteiger partial charge in [0.15, 0.2) is 0 Å². The molecule has 9 heteroatoms. The lowest BCUT2D eigenvalue weighted by atomic mass is 10.1. The van der Waals surface area contributed by atoms with E-state index in [1.807, 2.05) is 19.9 Å². The molecule has 2 aliphatic heterocycles. The highest BCUT2D eigenvalue weighted by atomic mass is 19.1. The van der Waals surface area contributed by atoms with E-state index in [1.165, 1.54) is 18.2 Å². The van der Waals surface area contributed by atoms with Gasteiger partial charge in [0.2, 0.25) is 0 Å². The molecule has 3 aromatic rings. The zero-order chi connectivity index (χ0) is 20.8. The van der Waals surface area contributed by atoms with Crippen molar-refractivity contribution in [3.05, 3.63) is 52.9 Å². The molecule has 0 atom stereocenters. The highest BCUT2D eigenvalue weighted by Gasteiger charge is 2.27. The number of aryl methyl sites for hydroxylation is 2. The highest BCUT2D eigenvalue weighted by Crippen LogP contribution is 2.41. The molecule has 0 unspecified atom stereocenters. The standard InChI is InChI=1S/C21H21F2N7/c1-11-18-13(10-16(25-11)30-8-6-24-7-9-30)20-19(12(2)28-29-20)27-21(26-18)17-14(22)4-3-5-15(17)23/h3-5,10,24H,6-9H2,1-2H3,(H,26,27)(H,28,29). The zero-order valence-electron chi connectivity index (χ0n) is 16.7. The maximum Gasteiger partial charge on any atom is 0.144 e. The monoisotopic (exact) mass is 409 g/mol. The van der Waals surface area contributed by atoms with Gasteiger partial charge in [-0.2, -0.15) is 5.10 Å². The van der Waals surface area contributed by atoms with Crippen LogP contribution in [0.5, 0.6) is 0 Å². The van der Waals surface area contributed by atoms with Gasteiger partial charge in [0, 0.05) is 31.7 Å². The summed E-state index contributed by atoms with van der Waals surface area (Å²) in [6.07, 6.45) is 0. The van der Waals surface area contributed by atoms with Crippen LogP contribution in [0.2, 0.25) is 0 Å². The third-order valence-electron chi connectivity index (χ3n) is 5.46. The number of benzene rings is 1. The molecule has 154 valence electrons. The predicted octanol–water partition coefficient (Wildman–Crippen LogP) is 3.28. The number of nitrogens with zero attached hydrogens (tertiary/aromatic N) is 4. The van der Waals surface area contributed by atoms with E-state index >= 15 is 0 Å². The Kier molecular flexibility index (Phi) is 4.47. The Bertz CT molecular complexity index is 1140. The summed E-state index contributed by atoms with van der Waals surface area (Å²) in [4.78, 5) is 11.6. The summed E-state index contributed by atoms with van der Waals surface area (Å²) < 4.78 is 29.1. The van der Waals surface area contributed by atoms with E-state index in [0.29, 0.717) is 22.8 Å². The third kappa shape index (κ3) is 3.02. The molecule has 5 rings (SSSR count). The fourth-order valence-corrected chi connectivity index (χ4v) is 3.90. The second kappa shape index (κ2) is 7.17. The van der Waals surface area contributed by atoms with Crippen LogP contribution in [0, 0.1) is 25.5 Å². The van der Waals surface area contributed by atoms with Crippen molar-refractivity contribution in [1.29, 1.82) is 0 Å². The maximum atomic E-state index is 14.5.